The Labute approximate surface area is 131 Å². The standard InChI is InChI=1S/C14H27N5OS/c1-21-14-16-18-10-11-4-2-3-5-12(11)15-13(18)19(14)17-6-8-20-9-7-17/h11-16H,2-10H2,1H3. The molecule has 120 valence electrons. The summed E-state index contributed by atoms with van der Waals surface area (Å²) in [7, 11) is 0. The van der Waals surface area contributed by atoms with E-state index in [9.17, 15) is 0 Å². The van der Waals surface area contributed by atoms with Crippen molar-refractivity contribution in [1.82, 2.24) is 25.8 Å². The number of thioether (sulfide) groups is 1. The molecule has 2 N–H and O–H groups in total. The molecule has 1 saturated carbocycles. The minimum absolute atomic E-state index is 0.305. The lowest BCUT2D eigenvalue weighted by atomic mass is 9.83. The molecule has 3 aliphatic heterocycles. The van der Waals surface area contributed by atoms with E-state index in [2.05, 4.69) is 32.0 Å². The molecule has 0 aromatic carbocycles. The van der Waals surface area contributed by atoms with Gasteiger partial charge in [-0.3, -0.25) is 5.32 Å². The van der Waals surface area contributed by atoms with Crippen LogP contribution in [0.15, 0.2) is 0 Å². The first-order chi connectivity index (χ1) is 10.4. The van der Waals surface area contributed by atoms with E-state index in [0.29, 0.717) is 17.8 Å². The van der Waals surface area contributed by atoms with Crippen LogP contribution >= 0.6 is 11.8 Å². The third kappa shape index (κ3) is 2.73. The smallest absolute Gasteiger partial charge is 0.145 e. The zero-order valence-corrected chi connectivity index (χ0v) is 13.6. The summed E-state index contributed by atoms with van der Waals surface area (Å²) in [6.07, 6.45) is 8.01. The molecular formula is C14H27N5OS. The molecule has 0 bridgehead atoms. The second kappa shape index (κ2) is 6.31. The van der Waals surface area contributed by atoms with Crippen molar-refractivity contribution in [2.24, 2.45) is 5.92 Å². The van der Waals surface area contributed by atoms with Gasteiger partial charge in [-0.05, 0) is 25.0 Å². The number of ether oxygens (including phenoxy) is 1. The highest BCUT2D eigenvalue weighted by molar-refractivity contribution is 7.99. The van der Waals surface area contributed by atoms with Crippen LogP contribution in [0.1, 0.15) is 25.7 Å². The monoisotopic (exact) mass is 313 g/mol. The van der Waals surface area contributed by atoms with Crippen LogP contribution in [-0.4, -0.2) is 72.0 Å². The van der Waals surface area contributed by atoms with Gasteiger partial charge in [0.1, 0.15) is 11.8 Å². The molecule has 21 heavy (non-hydrogen) atoms. The third-order valence-corrected chi connectivity index (χ3v) is 6.07. The molecule has 3 saturated heterocycles. The van der Waals surface area contributed by atoms with Crippen molar-refractivity contribution in [3.8, 4) is 0 Å². The Morgan fingerprint density at radius 3 is 2.76 bits per heavy atom. The van der Waals surface area contributed by atoms with Crippen molar-refractivity contribution >= 4 is 11.8 Å². The second-order valence-corrected chi connectivity index (χ2v) is 7.42. The third-order valence-electron chi connectivity index (χ3n) is 5.30. The molecule has 4 aliphatic rings. The molecule has 4 atom stereocenters. The van der Waals surface area contributed by atoms with Gasteiger partial charge < -0.3 is 4.74 Å². The Kier molecular flexibility index (Phi) is 4.41. The summed E-state index contributed by atoms with van der Waals surface area (Å²) in [5.41, 5.74) is 4.03. The van der Waals surface area contributed by atoms with Crippen LogP contribution in [0.4, 0.5) is 0 Å². The predicted octanol–water partition coefficient (Wildman–Crippen LogP) is 0.448. The zero-order valence-electron chi connectivity index (χ0n) is 12.8. The van der Waals surface area contributed by atoms with E-state index in [1.165, 1.54) is 32.2 Å². The molecule has 7 heteroatoms. The summed E-state index contributed by atoms with van der Waals surface area (Å²) in [6, 6.07) is 0.700. The summed E-state index contributed by atoms with van der Waals surface area (Å²) in [5, 5.41) is 11.3. The summed E-state index contributed by atoms with van der Waals surface area (Å²) in [6.45, 7) is 4.87. The van der Waals surface area contributed by atoms with E-state index in [1.54, 1.807) is 0 Å². The fourth-order valence-corrected chi connectivity index (χ4v) is 4.91. The molecule has 4 fully saturated rings. The van der Waals surface area contributed by atoms with Crippen molar-refractivity contribution < 1.29 is 4.74 Å². The number of morpholine rings is 1. The van der Waals surface area contributed by atoms with E-state index in [4.69, 9.17) is 4.74 Å². The average molecular weight is 313 g/mol. The maximum Gasteiger partial charge on any atom is 0.145 e. The molecule has 0 amide bonds. The van der Waals surface area contributed by atoms with Crippen LogP contribution in [0.25, 0.3) is 0 Å². The van der Waals surface area contributed by atoms with Gasteiger partial charge in [0.15, 0.2) is 0 Å². The van der Waals surface area contributed by atoms with Crippen LogP contribution in [0.2, 0.25) is 0 Å². The maximum atomic E-state index is 5.52. The summed E-state index contributed by atoms with van der Waals surface area (Å²) in [5.74, 6) is 0.814. The van der Waals surface area contributed by atoms with Crippen LogP contribution in [-0.2, 0) is 4.74 Å². The Balaban J connectivity index is 1.51. The highest BCUT2D eigenvalue weighted by Crippen LogP contribution is 2.34. The normalized spacial score (nSPS) is 42.7. The topological polar surface area (TPSA) is 43.0 Å². The van der Waals surface area contributed by atoms with E-state index in [1.807, 2.05) is 11.8 Å². The highest BCUT2D eigenvalue weighted by atomic mass is 32.2. The van der Waals surface area contributed by atoms with Crippen LogP contribution in [0, 0.1) is 5.92 Å². The van der Waals surface area contributed by atoms with Crippen LogP contribution in [0.3, 0.4) is 0 Å². The van der Waals surface area contributed by atoms with E-state index in [-0.39, 0.29) is 0 Å². The summed E-state index contributed by atoms with van der Waals surface area (Å²) >= 11 is 1.88. The lowest BCUT2D eigenvalue weighted by molar-refractivity contribution is -0.140. The lowest BCUT2D eigenvalue weighted by Gasteiger charge is -2.47. The molecule has 0 aromatic heterocycles. The Bertz CT molecular complexity index is 367. The maximum absolute atomic E-state index is 5.52. The summed E-state index contributed by atoms with van der Waals surface area (Å²) in [4.78, 5) is 0. The molecule has 0 radical (unpaired) electrons. The molecule has 0 spiro atoms. The van der Waals surface area contributed by atoms with Crippen molar-refractivity contribution in [1.29, 1.82) is 0 Å². The summed E-state index contributed by atoms with van der Waals surface area (Å²) < 4.78 is 5.52. The minimum Gasteiger partial charge on any atom is -0.379 e. The van der Waals surface area contributed by atoms with E-state index in [0.717, 1.165) is 32.2 Å². The number of rotatable bonds is 2. The number of nitrogens with one attached hydrogen (secondary N) is 2. The van der Waals surface area contributed by atoms with Crippen molar-refractivity contribution in [2.75, 3.05) is 39.1 Å². The quantitative estimate of drug-likeness (QED) is 0.767. The fraction of sp³-hybridized carbons (Fsp3) is 1.00. The largest absolute Gasteiger partial charge is 0.379 e. The molecule has 1 aliphatic carbocycles. The predicted molar refractivity (Wildman–Crippen MR) is 84.0 cm³/mol. The molecular weight excluding hydrogens is 286 g/mol. The molecule has 4 unspecified atom stereocenters. The van der Waals surface area contributed by atoms with Gasteiger partial charge in [0.25, 0.3) is 0 Å². The van der Waals surface area contributed by atoms with Gasteiger partial charge >= 0.3 is 0 Å². The van der Waals surface area contributed by atoms with Gasteiger partial charge in [0, 0.05) is 25.7 Å². The first-order valence-corrected chi connectivity index (χ1v) is 9.58. The van der Waals surface area contributed by atoms with E-state index >= 15 is 0 Å². The number of hydrazine groups is 2. The average Bonchev–Trinajstić information content (AvgIpc) is 2.91. The van der Waals surface area contributed by atoms with Gasteiger partial charge in [-0.2, -0.15) is 5.01 Å². The Morgan fingerprint density at radius 2 is 1.95 bits per heavy atom. The van der Waals surface area contributed by atoms with Crippen LogP contribution in [0.5, 0.6) is 0 Å². The minimum atomic E-state index is 0.305. The lowest BCUT2D eigenvalue weighted by Crippen LogP contribution is -2.66. The van der Waals surface area contributed by atoms with Gasteiger partial charge in [0.05, 0.1) is 13.2 Å². The first kappa shape index (κ1) is 14.7. The van der Waals surface area contributed by atoms with E-state index < -0.39 is 0 Å². The molecule has 4 rings (SSSR count). The zero-order chi connectivity index (χ0) is 14.2. The number of hydrogen-bond donors (Lipinski definition) is 2. The molecule has 3 heterocycles. The van der Waals surface area contributed by atoms with Crippen molar-refractivity contribution in [3.05, 3.63) is 0 Å². The van der Waals surface area contributed by atoms with Gasteiger partial charge in [-0.15, -0.1) is 11.8 Å². The SMILES string of the molecule is CSC1NN2CC3CCCCC3NC2N1N1CCOCC1. The molecule has 6 nitrogen and oxygen atoms in total. The van der Waals surface area contributed by atoms with Crippen molar-refractivity contribution in [2.45, 2.75) is 43.5 Å². The van der Waals surface area contributed by atoms with Gasteiger partial charge in [-0.25, -0.2) is 15.4 Å². The highest BCUT2D eigenvalue weighted by Gasteiger charge is 2.48. The Morgan fingerprint density at radius 1 is 1.14 bits per heavy atom. The molecule has 0 aromatic rings. The van der Waals surface area contributed by atoms with Gasteiger partial charge in [-0.1, -0.05) is 12.8 Å². The van der Waals surface area contributed by atoms with Crippen molar-refractivity contribution in [3.63, 3.8) is 0 Å². The Hall–Kier alpha value is 0.110. The number of fused-ring (bicyclic) bond motifs is 2. The van der Waals surface area contributed by atoms with Crippen LogP contribution < -0.4 is 10.7 Å². The number of nitrogens with zero attached hydrogens (tertiary/aromatic N) is 3. The first-order valence-electron chi connectivity index (χ1n) is 8.29. The fourth-order valence-electron chi connectivity index (χ4n) is 4.20. The number of hydrogen-bond acceptors (Lipinski definition) is 7. The second-order valence-electron chi connectivity index (χ2n) is 6.51. The van der Waals surface area contributed by atoms with Gasteiger partial charge in [0.2, 0.25) is 0 Å².